The highest BCUT2D eigenvalue weighted by Crippen LogP contribution is 2.38. The maximum Gasteiger partial charge on any atom is 0.417 e. The Labute approximate surface area is 115 Å². The lowest BCUT2D eigenvalue weighted by Gasteiger charge is -2.11. The van der Waals surface area contributed by atoms with Crippen LogP contribution in [0.3, 0.4) is 0 Å². The zero-order chi connectivity index (χ0) is 14.0. The standard InChI is InChI=1S/C12H10BrF3N2O/c13-7-1-2-8(9(5-7)12(14,15)16)10-6-18-11(19-10)3-4-17/h1-2,5-6H,3-4,17H2. The largest absolute Gasteiger partial charge is 0.441 e. The van der Waals surface area contributed by atoms with Gasteiger partial charge in [-0.3, -0.25) is 0 Å². The molecule has 1 aromatic carbocycles. The van der Waals surface area contributed by atoms with E-state index in [0.717, 1.165) is 6.07 Å². The molecule has 0 fully saturated rings. The highest BCUT2D eigenvalue weighted by atomic mass is 79.9. The molecule has 0 aliphatic heterocycles. The molecule has 19 heavy (non-hydrogen) atoms. The average molecular weight is 335 g/mol. The van der Waals surface area contributed by atoms with Gasteiger partial charge in [-0.15, -0.1) is 0 Å². The number of benzene rings is 1. The van der Waals surface area contributed by atoms with Crippen molar-refractivity contribution in [2.45, 2.75) is 12.6 Å². The lowest BCUT2D eigenvalue weighted by atomic mass is 10.1. The summed E-state index contributed by atoms with van der Waals surface area (Å²) in [5.41, 5.74) is 4.54. The third-order valence-corrected chi connectivity index (χ3v) is 2.96. The lowest BCUT2D eigenvalue weighted by molar-refractivity contribution is -0.137. The number of halogens is 4. The number of aromatic nitrogens is 1. The second-order valence-corrected chi connectivity index (χ2v) is 4.76. The number of hydrogen-bond donors (Lipinski definition) is 1. The number of rotatable bonds is 3. The molecule has 2 aromatic rings. The Bertz CT molecular complexity index is 581. The molecule has 3 nitrogen and oxygen atoms in total. The maximum absolute atomic E-state index is 13.0. The molecule has 7 heteroatoms. The smallest absolute Gasteiger partial charge is 0.417 e. The molecule has 0 amide bonds. The summed E-state index contributed by atoms with van der Waals surface area (Å²) >= 11 is 3.03. The number of alkyl halides is 3. The first-order chi connectivity index (χ1) is 8.91. The van der Waals surface area contributed by atoms with Gasteiger partial charge in [0.25, 0.3) is 0 Å². The summed E-state index contributed by atoms with van der Waals surface area (Å²) < 4.78 is 44.5. The number of hydrogen-bond acceptors (Lipinski definition) is 3. The van der Waals surface area contributed by atoms with E-state index in [1.165, 1.54) is 18.3 Å². The molecule has 0 saturated heterocycles. The average Bonchev–Trinajstić information content (AvgIpc) is 2.77. The zero-order valence-corrected chi connectivity index (χ0v) is 11.3. The van der Waals surface area contributed by atoms with Gasteiger partial charge in [-0.05, 0) is 18.2 Å². The van der Waals surface area contributed by atoms with E-state index in [1.54, 1.807) is 0 Å². The Morgan fingerprint density at radius 2 is 2.05 bits per heavy atom. The third kappa shape index (κ3) is 3.16. The molecule has 1 heterocycles. The zero-order valence-electron chi connectivity index (χ0n) is 9.67. The molecular formula is C12H10BrF3N2O. The summed E-state index contributed by atoms with van der Waals surface area (Å²) in [5.74, 6) is 0.414. The molecule has 102 valence electrons. The van der Waals surface area contributed by atoms with Crippen LogP contribution in [0.15, 0.2) is 33.3 Å². The highest BCUT2D eigenvalue weighted by molar-refractivity contribution is 9.10. The SMILES string of the molecule is NCCc1ncc(-c2ccc(Br)cc2C(F)(F)F)o1. The van der Waals surface area contributed by atoms with Gasteiger partial charge < -0.3 is 10.2 Å². The van der Waals surface area contributed by atoms with Crippen molar-refractivity contribution in [3.05, 3.63) is 40.3 Å². The number of nitrogens with two attached hydrogens (primary N) is 1. The Morgan fingerprint density at radius 3 is 2.68 bits per heavy atom. The van der Waals surface area contributed by atoms with E-state index in [2.05, 4.69) is 20.9 Å². The molecule has 0 atom stereocenters. The van der Waals surface area contributed by atoms with Crippen LogP contribution in [0.5, 0.6) is 0 Å². The van der Waals surface area contributed by atoms with Crippen LogP contribution in [0.25, 0.3) is 11.3 Å². The second kappa shape index (κ2) is 5.34. The van der Waals surface area contributed by atoms with Crippen LogP contribution >= 0.6 is 15.9 Å². The lowest BCUT2D eigenvalue weighted by Crippen LogP contribution is -2.07. The molecule has 0 radical (unpaired) electrons. The Morgan fingerprint density at radius 1 is 1.32 bits per heavy atom. The van der Waals surface area contributed by atoms with Crippen molar-refractivity contribution in [1.29, 1.82) is 0 Å². The monoisotopic (exact) mass is 334 g/mol. The van der Waals surface area contributed by atoms with Crippen LogP contribution in [0.4, 0.5) is 13.2 Å². The van der Waals surface area contributed by atoms with E-state index >= 15 is 0 Å². The molecule has 0 aliphatic rings. The highest BCUT2D eigenvalue weighted by Gasteiger charge is 2.34. The van der Waals surface area contributed by atoms with Gasteiger partial charge in [0.15, 0.2) is 11.7 Å². The predicted octanol–water partition coefficient (Wildman–Crippen LogP) is 3.62. The molecule has 0 unspecified atom stereocenters. The van der Waals surface area contributed by atoms with Crippen molar-refractivity contribution in [3.8, 4) is 11.3 Å². The Balaban J connectivity index is 2.48. The van der Waals surface area contributed by atoms with E-state index in [9.17, 15) is 13.2 Å². The summed E-state index contributed by atoms with van der Waals surface area (Å²) in [6.45, 7) is 0.326. The van der Waals surface area contributed by atoms with E-state index in [-0.39, 0.29) is 11.3 Å². The van der Waals surface area contributed by atoms with Gasteiger partial charge in [-0.1, -0.05) is 15.9 Å². The first-order valence-electron chi connectivity index (χ1n) is 5.43. The quantitative estimate of drug-likeness (QED) is 0.932. The maximum atomic E-state index is 13.0. The van der Waals surface area contributed by atoms with Gasteiger partial charge in [0.2, 0.25) is 0 Å². The fourth-order valence-electron chi connectivity index (χ4n) is 1.64. The van der Waals surface area contributed by atoms with Gasteiger partial charge in [-0.2, -0.15) is 13.2 Å². The van der Waals surface area contributed by atoms with Crippen molar-refractivity contribution in [3.63, 3.8) is 0 Å². The molecule has 0 aliphatic carbocycles. The van der Waals surface area contributed by atoms with E-state index in [1.807, 2.05) is 0 Å². The summed E-state index contributed by atoms with van der Waals surface area (Å²) in [7, 11) is 0. The molecule has 2 rings (SSSR count). The van der Waals surface area contributed by atoms with Crippen LogP contribution in [0, 0.1) is 0 Å². The summed E-state index contributed by atoms with van der Waals surface area (Å²) in [6.07, 6.45) is -2.79. The number of nitrogens with zero attached hydrogens (tertiary/aromatic N) is 1. The molecule has 1 aromatic heterocycles. The van der Waals surface area contributed by atoms with Crippen LogP contribution in [-0.2, 0) is 12.6 Å². The van der Waals surface area contributed by atoms with Crippen LogP contribution < -0.4 is 5.73 Å². The van der Waals surface area contributed by atoms with E-state index in [4.69, 9.17) is 10.2 Å². The topological polar surface area (TPSA) is 52.0 Å². The molecule has 0 spiro atoms. The minimum absolute atomic E-state index is 0.0357. The van der Waals surface area contributed by atoms with Gasteiger partial charge in [0.05, 0.1) is 11.8 Å². The fourth-order valence-corrected chi connectivity index (χ4v) is 2.00. The minimum Gasteiger partial charge on any atom is -0.441 e. The Hall–Kier alpha value is -1.34. The van der Waals surface area contributed by atoms with E-state index < -0.39 is 11.7 Å². The molecule has 0 bridgehead atoms. The van der Waals surface area contributed by atoms with Crippen molar-refractivity contribution in [1.82, 2.24) is 4.98 Å². The first kappa shape index (κ1) is 14.1. The van der Waals surface area contributed by atoms with Crippen molar-refractivity contribution in [2.75, 3.05) is 6.54 Å². The predicted molar refractivity (Wildman–Crippen MR) is 67.4 cm³/mol. The molecule has 0 saturated carbocycles. The van der Waals surface area contributed by atoms with E-state index in [0.29, 0.717) is 23.3 Å². The van der Waals surface area contributed by atoms with Crippen LogP contribution in [0.2, 0.25) is 0 Å². The summed E-state index contributed by atoms with van der Waals surface area (Å²) in [5, 5.41) is 0. The van der Waals surface area contributed by atoms with Gasteiger partial charge in [-0.25, -0.2) is 4.98 Å². The van der Waals surface area contributed by atoms with Gasteiger partial charge in [0.1, 0.15) is 0 Å². The van der Waals surface area contributed by atoms with Crippen molar-refractivity contribution >= 4 is 15.9 Å². The first-order valence-corrected chi connectivity index (χ1v) is 6.23. The Kier molecular flexibility index (Phi) is 3.96. The second-order valence-electron chi connectivity index (χ2n) is 3.84. The molecular weight excluding hydrogens is 325 g/mol. The van der Waals surface area contributed by atoms with Crippen LogP contribution in [0.1, 0.15) is 11.5 Å². The summed E-state index contributed by atoms with van der Waals surface area (Å²) in [4.78, 5) is 3.90. The van der Waals surface area contributed by atoms with Gasteiger partial charge in [0, 0.05) is 23.0 Å². The van der Waals surface area contributed by atoms with Crippen LogP contribution in [-0.4, -0.2) is 11.5 Å². The van der Waals surface area contributed by atoms with Gasteiger partial charge >= 0.3 is 6.18 Å². The van der Waals surface area contributed by atoms with Crippen molar-refractivity contribution < 1.29 is 17.6 Å². The molecule has 2 N–H and O–H groups in total. The summed E-state index contributed by atoms with van der Waals surface area (Å²) in [6, 6.07) is 3.88. The van der Waals surface area contributed by atoms with Crippen molar-refractivity contribution in [2.24, 2.45) is 5.73 Å². The normalized spacial score (nSPS) is 11.8. The third-order valence-electron chi connectivity index (χ3n) is 2.46. The minimum atomic E-state index is -4.46. The number of oxazole rings is 1. The fraction of sp³-hybridized carbons (Fsp3) is 0.250.